The molecule has 6 nitrogen and oxygen atoms in total. The number of nitrogens with zero attached hydrogens (tertiary/aromatic N) is 1. The maximum absolute atomic E-state index is 10.8. The van der Waals surface area contributed by atoms with Gasteiger partial charge in [-0.05, 0) is 38.0 Å². The maximum atomic E-state index is 10.8. The number of benzene rings is 1. The first-order valence-corrected chi connectivity index (χ1v) is 8.85. The molecule has 2 N–H and O–H groups in total. The molecule has 2 aromatic rings. The van der Waals surface area contributed by atoms with E-state index in [9.17, 15) is 13.0 Å². The molecule has 0 radical (unpaired) electrons. The van der Waals surface area contributed by atoms with Crippen molar-refractivity contribution < 1.29 is 22.4 Å². The van der Waals surface area contributed by atoms with E-state index in [0.29, 0.717) is 17.7 Å². The van der Waals surface area contributed by atoms with Crippen LogP contribution in [0.1, 0.15) is 22.4 Å². The van der Waals surface area contributed by atoms with Gasteiger partial charge in [0.15, 0.2) is 0 Å². The van der Waals surface area contributed by atoms with Gasteiger partial charge in [-0.1, -0.05) is 28.3 Å². The van der Waals surface area contributed by atoms with Gasteiger partial charge in [-0.25, -0.2) is 14.3 Å². The summed E-state index contributed by atoms with van der Waals surface area (Å²) in [7, 11) is -2.72. The standard InChI is InChI=1S/C9H11N2O.C9H12O3S/c1-12-8-4-6-9-5-2-3-7-11(9)10;1-6-4-7(2)9(8(3)5-6)13(10,11)12/h2-3,5,7H,8,10H2,1H3;4-5H,1-3H3,(H,10,11,12)/q+1;/p-1. The topological polar surface area (TPSA) is 96.3 Å². The van der Waals surface area contributed by atoms with E-state index in [1.165, 1.54) is 4.68 Å². The van der Waals surface area contributed by atoms with Crippen molar-refractivity contribution in [3.63, 3.8) is 0 Å². The first-order valence-electron chi connectivity index (χ1n) is 7.44. The lowest BCUT2D eigenvalue weighted by atomic mass is 10.1. The van der Waals surface area contributed by atoms with Crippen LogP contribution in [0.15, 0.2) is 41.4 Å². The molecule has 0 amide bonds. The highest BCUT2D eigenvalue weighted by molar-refractivity contribution is 7.85. The third-order valence-corrected chi connectivity index (χ3v) is 4.32. The fourth-order valence-corrected chi connectivity index (χ4v) is 3.23. The highest BCUT2D eigenvalue weighted by atomic mass is 32.2. The maximum Gasteiger partial charge on any atom is 0.285 e. The second kappa shape index (κ2) is 9.18. The van der Waals surface area contributed by atoms with Gasteiger partial charge in [-0.2, -0.15) is 0 Å². The van der Waals surface area contributed by atoms with E-state index < -0.39 is 10.1 Å². The van der Waals surface area contributed by atoms with Gasteiger partial charge in [0.2, 0.25) is 6.20 Å². The fraction of sp³-hybridized carbons (Fsp3) is 0.278. The molecule has 0 spiro atoms. The summed E-state index contributed by atoms with van der Waals surface area (Å²) < 4.78 is 38.7. The van der Waals surface area contributed by atoms with E-state index in [0.717, 1.165) is 11.3 Å². The molecule has 0 aliphatic carbocycles. The Morgan fingerprint density at radius 3 is 2.28 bits per heavy atom. The predicted octanol–water partition coefficient (Wildman–Crippen LogP) is 1.20. The second-order valence-corrected chi connectivity index (χ2v) is 6.73. The molecular weight excluding hydrogens is 340 g/mol. The Kier molecular flexibility index (Phi) is 7.58. The molecule has 0 bridgehead atoms. The summed E-state index contributed by atoms with van der Waals surface area (Å²) in [5.74, 6) is 11.3. The fourth-order valence-electron chi connectivity index (χ4n) is 2.32. The molecule has 134 valence electrons. The molecule has 0 aliphatic heterocycles. The van der Waals surface area contributed by atoms with Crippen LogP contribution in [-0.2, 0) is 14.9 Å². The lowest BCUT2D eigenvalue weighted by molar-refractivity contribution is -0.641. The first-order chi connectivity index (χ1) is 11.7. The van der Waals surface area contributed by atoms with Crippen LogP contribution in [0.3, 0.4) is 0 Å². The molecule has 2 rings (SSSR count). The first kappa shape index (κ1) is 20.6. The largest absolute Gasteiger partial charge is 0.744 e. The van der Waals surface area contributed by atoms with E-state index >= 15 is 0 Å². The lowest BCUT2D eigenvalue weighted by Gasteiger charge is -2.14. The summed E-state index contributed by atoms with van der Waals surface area (Å²) >= 11 is 0. The molecule has 25 heavy (non-hydrogen) atoms. The number of rotatable bonds is 2. The van der Waals surface area contributed by atoms with Crippen LogP contribution < -0.4 is 10.5 Å². The number of aromatic nitrogens is 1. The molecule has 0 saturated carbocycles. The smallest absolute Gasteiger partial charge is 0.285 e. The van der Waals surface area contributed by atoms with Crippen molar-refractivity contribution in [3.05, 3.63) is 58.9 Å². The molecule has 1 aromatic carbocycles. The van der Waals surface area contributed by atoms with Gasteiger partial charge in [0.25, 0.3) is 5.69 Å². The van der Waals surface area contributed by atoms with Gasteiger partial charge >= 0.3 is 0 Å². The summed E-state index contributed by atoms with van der Waals surface area (Å²) in [6.45, 7) is 5.55. The summed E-state index contributed by atoms with van der Waals surface area (Å²) in [4.78, 5) is -0.0851. The van der Waals surface area contributed by atoms with Crippen LogP contribution in [0.25, 0.3) is 0 Å². The average molecular weight is 362 g/mol. The number of hydrogen-bond donors (Lipinski definition) is 1. The van der Waals surface area contributed by atoms with Gasteiger partial charge < -0.3 is 9.29 Å². The van der Waals surface area contributed by atoms with Gasteiger partial charge in [0.1, 0.15) is 16.7 Å². The van der Waals surface area contributed by atoms with Crippen molar-refractivity contribution in [2.24, 2.45) is 0 Å². The molecule has 0 unspecified atom stereocenters. The lowest BCUT2D eigenvalue weighted by Crippen LogP contribution is -2.46. The molecule has 7 heteroatoms. The number of pyridine rings is 1. The van der Waals surface area contributed by atoms with Crippen LogP contribution in [0, 0.1) is 32.6 Å². The zero-order valence-electron chi connectivity index (χ0n) is 14.7. The van der Waals surface area contributed by atoms with Crippen molar-refractivity contribution >= 4 is 10.1 Å². The van der Waals surface area contributed by atoms with Gasteiger partial charge in [-0.3, -0.25) is 0 Å². The number of nitrogens with two attached hydrogens (primary N) is 1. The van der Waals surface area contributed by atoms with Crippen molar-refractivity contribution in [1.29, 1.82) is 0 Å². The van der Waals surface area contributed by atoms with Crippen molar-refractivity contribution in [2.45, 2.75) is 25.7 Å². The van der Waals surface area contributed by atoms with E-state index in [1.54, 1.807) is 39.3 Å². The zero-order valence-corrected chi connectivity index (χ0v) is 15.6. The third-order valence-electron chi connectivity index (χ3n) is 3.18. The number of hydrogen-bond acceptors (Lipinski definition) is 5. The SMILES string of the molecule is COCC#Cc1cccc[n+]1N.Cc1cc(C)c(S(=O)(=O)[O-])c(C)c1. The summed E-state index contributed by atoms with van der Waals surface area (Å²) in [6.07, 6.45) is 1.75. The number of aryl methyl sites for hydroxylation is 3. The minimum atomic E-state index is -4.33. The Hall–Kier alpha value is -2.40. The van der Waals surface area contributed by atoms with Gasteiger partial charge in [0.05, 0.1) is 4.90 Å². The van der Waals surface area contributed by atoms with Crippen molar-refractivity contribution in [3.8, 4) is 11.8 Å². The Morgan fingerprint density at radius 2 is 1.80 bits per heavy atom. The van der Waals surface area contributed by atoms with Crippen molar-refractivity contribution in [1.82, 2.24) is 0 Å². The normalized spacial score (nSPS) is 10.3. The molecule has 0 atom stereocenters. The highest BCUT2D eigenvalue weighted by Crippen LogP contribution is 2.20. The molecule has 1 heterocycles. The Bertz CT molecular complexity index is 874. The van der Waals surface area contributed by atoms with Crippen LogP contribution in [-0.4, -0.2) is 26.7 Å². The quantitative estimate of drug-likeness (QED) is 0.375. The minimum Gasteiger partial charge on any atom is -0.744 e. The number of methoxy groups -OCH3 is 1. The monoisotopic (exact) mass is 362 g/mol. The average Bonchev–Trinajstić information content (AvgIpc) is 2.47. The zero-order chi connectivity index (χ0) is 19.0. The van der Waals surface area contributed by atoms with Crippen LogP contribution in [0.4, 0.5) is 0 Å². The summed E-state index contributed by atoms with van der Waals surface area (Å²) in [5, 5.41) is 0. The van der Waals surface area contributed by atoms with Crippen LogP contribution in [0.5, 0.6) is 0 Å². The molecule has 0 saturated heterocycles. The molecule has 0 fully saturated rings. The van der Waals surface area contributed by atoms with Crippen LogP contribution >= 0.6 is 0 Å². The van der Waals surface area contributed by atoms with Crippen molar-refractivity contribution in [2.75, 3.05) is 19.6 Å². The predicted molar refractivity (Wildman–Crippen MR) is 94.2 cm³/mol. The van der Waals surface area contributed by atoms with E-state index in [2.05, 4.69) is 11.8 Å². The highest BCUT2D eigenvalue weighted by Gasteiger charge is 2.09. The third kappa shape index (κ3) is 6.55. The number of nitrogen functional groups attached to an aromatic ring is 1. The second-order valence-electron chi connectivity index (χ2n) is 5.41. The Labute approximate surface area is 149 Å². The van der Waals surface area contributed by atoms with E-state index in [-0.39, 0.29) is 4.90 Å². The Morgan fingerprint density at radius 1 is 1.20 bits per heavy atom. The molecule has 1 aromatic heterocycles. The van der Waals surface area contributed by atoms with E-state index in [4.69, 9.17) is 10.6 Å². The van der Waals surface area contributed by atoms with E-state index in [1.807, 2.05) is 25.1 Å². The van der Waals surface area contributed by atoms with Crippen LogP contribution in [0.2, 0.25) is 0 Å². The summed E-state index contributed by atoms with van der Waals surface area (Å²) in [5.41, 5.74) is 2.77. The molecular formula is C18H22N2O4S. The number of ether oxygens (including phenoxy) is 1. The van der Waals surface area contributed by atoms with Gasteiger partial charge in [0, 0.05) is 25.2 Å². The van der Waals surface area contributed by atoms with Gasteiger partial charge in [-0.15, -0.1) is 0 Å². The Balaban J connectivity index is 0.000000251. The summed E-state index contributed by atoms with van der Waals surface area (Å²) in [6, 6.07) is 8.97. The molecule has 0 aliphatic rings. The minimum absolute atomic E-state index is 0.0851.